The number of nitrogens with one attached hydrogen (secondary N) is 3. The first-order valence-electron chi connectivity index (χ1n) is 6.95. The quantitative estimate of drug-likeness (QED) is 0.553. The summed E-state index contributed by atoms with van der Waals surface area (Å²) in [5.74, 6) is -0.342. The number of nitrogens with zero attached hydrogens (tertiary/aromatic N) is 1. The molecule has 0 bridgehead atoms. The molecule has 0 aliphatic heterocycles. The maximum Gasteiger partial charge on any atom is 0.326 e. The molecule has 132 valence electrons. The van der Waals surface area contributed by atoms with Crippen molar-refractivity contribution in [1.29, 1.82) is 5.26 Å². The van der Waals surface area contributed by atoms with Gasteiger partial charge >= 0.3 is 5.69 Å². The summed E-state index contributed by atoms with van der Waals surface area (Å²) < 4.78 is 0.694. The average Bonchev–Trinajstić information content (AvgIpc) is 2.89. The largest absolute Gasteiger partial charge is 0.326 e. The van der Waals surface area contributed by atoms with Crippen LogP contribution in [-0.2, 0) is 4.79 Å². The van der Waals surface area contributed by atoms with Crippen molar-refractivity contribution < 1.29 is 4.79 Å². The van der Waals surface area contributed by atoms with E-state index < -0.39 is 11.2 Å². The Kier molecular flexibility index (Phi) is 5.38. The summed E-state index contributed by atoms with van der Waals surface area (Å²) in [6.07, 6.45) is 0. The number of nitriles is 1. The lowest BCUT2D eigenvalue weighted by molar-refractivity contribution is -0.113. The maximum atomic E-state index is 12.1. The first-order valence-corrected chi connectivity index (χ1v) is 9.51. The van der Waals surface area contributed by atoms with Crippen molar-refractivity contribution in [3.8, 4) is 6.07 Å². The van der Waals surface area contributed by atoms with Gasteiger partial charge in [-0.3, -0.25) is 14.6 Å². The molecular weight excluding hydrogens is 419 g/mol. The Morgan fingerprint density at radius 2 is 1.92 bits per heavy atom. The summed E-state index contributed by atoms with van der Waals surface area (Å²) in [6, 6.07) is 6.62. The van der Waals surface area contributed by atoms with E-state index in [-0.39, 0.29) is 27.4 Å². The van der Waals surface area contributed by atoms with Crippen LogP contribution in [0.15, 0.2) is 32.0 Å². The molecule has 1 aromatic carbocycles. The van der Waals surface area contributed by atoms with Gasteiger partial charge < -0.3 is 10.3 Å². The monoisotopic (exact) mass is 426 g/mol. The number of thiophene rings is 1. The third-order valence-electron chi connectivity index (χ3n) is 3.14. The van der Waals surface area contributed by atoms with Crippen LogP contribution < -0.4 is 16.6 Å². The Balaban J connectivity index is 1.80. The fourth-order valence-corrected chi connectivity index (χ4v) is 4.80. The molecule has 0 aliphatic carbocycles. The van der Waals surface area contributed by atoms with Gasteiger partial charge in [-0.05, 0) is 18.2 Å². The van der Waals surface area contributed by atoms with Crippen molar-refractivity contribution in [2.75, 3.05) is 11.1 Å². The standard InChI is InChI=1S/C15H8Cl2N4O3S2/c16-6-1-7(17)3-8(2-6)19-10(22)5-25-14-9(4-18)11-12(26-14)13(23)21-15(24)20-11/h1-3H,5H2,(H,19,22)(H2,20,21,23,24). The molecule has 0 saturated carbocycles. The van der Waals surface area contributed by atoms with Crippen LogP contribution >= 0.6 is 46.3 Å². The number of fused-ring (bicyclic) bond motifs is 1. The minimum atomic E-state index is -0.691. The Bertz CT molecular complexity index is 1160. The molecule has 0 radical (unpaired) electrons. The van der Waals surface area contributed by atoms with Gasteiger partial charge in [-0.25, -0.2) is 4.79 Å². The third kappa shape index (κ3) is 3.94. The predicted molar refractivity (Wildman–Crippen MR) is 104 cm³/mol. The Morgan fingerprint density at radius 1 is 1.23 bits per heavy atom. The van der Waals surface area contributed by atoms with Crippen LogP contribution in [0.3, 0.4) is 0 Å². The van der Waals surface area contributed by atoms with Crippen molar-refractivity contribution in [3.05, 3.63) is 54.6 Å². The molecule has 2 heterocycles. The zero-order chi connectivity index (χ0) is 18.8. The van der Waals surface area contributed by atoms with E-state index in [4.69, 9.17) is 23.2 Å². The SMILES string of the molecule is N#Cc1c(SCC(=O)Nc2cc(Cl)cc(Cl)c2)sc2c(=O)[nH]c(=O)[nH]c12. The maximum absolute atomic E-state index is 12.1. The molecule has 7 nitrogen and oxygen atoms in total. The molecule has 1 amide bonds. The zero-order valence-corrected chi connectivity index (χ0v) is 15.8. The van der Waals surface area contributed by atoms with Crippen molar-refractivity contribution in [1.82, 2.24) is 9.97 Å². The molecule has 2 aromatic heterocycles. The molecule has 26 heavy (non-hydrogen) atoms. The van der Waals surface area contributed by atoms with Crippen LogP contribution in [0.5, 0.6) is 0 Å². The van der Waals surface area contributed by atoms with Gasteiger partial charge in [0.25, 0.3) is 5.56 Å². The van der Waals surface area contributed by atoms with Crippen LogP contribution in [0.1, 0.15) is 5.56 Å². The topological polar surface area (TPSA) is 119 Å². The number of hydrogen-bond donors (Lipinski definition) is 3. The molecule has 0 aliphatic rings. The highest BCUT2D eigenvalue weighted by Gasteiger charge is 2.17. The lowest BCUT2D eigenvalue weighted by Gasteiger charge is -2.06. The predicted octanol–water partition coefficient (Wildman–Crippen LogP) is 3.19. The minimum absolute atomic E-state index is 0.00618. The number of amides is 1. The van der Waals surface area contributed by atoms with E-state index in [0.29, 0.717) is 19.9 Å². The van der Waals surface area contributed by atoms with Crippen molar-refractivity contribution in [3.63, 3.8) is 0 Å². The van der Waals surface area contributed by atoms with Gasteiger partial charge in [0.05, 0.1) is 15.5 Å². The molecule has 3 aromatic rings. The van der Waals surface area contributed by atoms with E-state index in [0.717, 1.165) is 23.1 Å². The van der Waals surface area contributed by atoms with Crippen LogP contribution in [0, 0.1) is 11.3 Å². The van der Waals surface area contributed by atoms with E-state index in [9.17, 15) is 19.6 Å². The second kappa shape index (κ2) is 7.55. The second-order valence-corrected chi connectivity index (χ2v) is 8.12. The minimum Gasteiger partial charge on any atom is -0.325 e. The van der Waals surface area contributed by atoms with Gasteiger partial charge in [0.15, 0.2) is 0 Å². The van der Waals surface area contributed by atoms with E-state index in [1.54, 1.807) is 18.2 Å². The number of H-pyrrole nitrogens is 2. The van der Waals surface area contributed by atoms with Gasteiger partial charge in [0.1, 0.15) is 16.3 Å². The number of halogens is 2. The molecule has 0 atom stereocenters. The molecular formula is C15H8Cl2N4O3S2. The highest BCUT2D eigenvalue weighted by molar-refractivity contribution is 8.02. The van der Waals surface area contributed by atoms with Crippen LogP contribution in [0.25, 0.3) is 10.2 Å². The number of benzene rings is 1. The van der Waals surface area contributed by atoms with Gasteiger partial charge in [0, 0.05) is 15.7 Å². The molecule has 0 fully saturated rings. The number of aromatic nitrogens is 2. The van der Waals surface area contributed by atoms with E-state index >= 15 is 0 Å². The fraction of sp³-hybridized carbons (Fsp3) is 0.0667. The van der Waals surface area contributed by atoms with Gasteiger partial charge in [-0.15, -0.1) is 23.1 Å². The zero-order valence-electron chi connectivity index (χ0n) is 12.7. The van der Waals surface area contributed by atoms with Crippen molar-refractivity contribution in [2.24, 2.45) is 0 Å². The second-order valence-electron chi connectivity index (χ2n) is 4.98. The van der Waals surface area contributed by atoms with Crippen molar-refractivity contribution in [2.45, 2.75) is 4.21 Å². The van der Waals surface area contributed by atoms with E-state index in [2.05, 4.69) is 15.3 Å². The van der Waals surface area contributed by atoms with Crippen LogP contribution in [0.2, 0.25) is 10.0 Å². The molecule has 0 unspecified atom stereocenters. The fourth-order valence-electron chi connectivity index (χ4n) is 2.15. The lowest BCUT2D eigenvalue weighted by Crippen LogP contribution is -2.20. The first kappa shape index (κ1) is 18.5. The molecule has 11 heteroatoms. The number of aromatic amines is 2. The summed E-state index contributed by atoms with van der Waals surface area (Å²) in [5.41, 5.74) is -0.475. The number of anilines is 1. The third-order valence-corrected chi connectivity index (χ3v) is 6.04. The van der Waals surface area contributed by atoms with Gasteiger partial charge in [-0.1, -0.05) is 23.2 Å². The number of carbonyl (C=O) groups is 1. The molecule has 3 rings (SSSR count). The Labute approximate surface area is 164 Å². The Hall–Kier alpha value is -2.25. The van der Waals surface area contributed by atoms with Crippen molar-refractivity contribution >= 4 is 68.1 Å². The average molecular weight is 427 g/mol. The number of rotatable bonds is 4. The first-order chi connectivity index (χ1) is 12.4. The van der Waals surface area contributed by atoms with E-state index in [1.165, 1.54) is 0 Å². The summed E-state index contributed by atoms with van der Waals surface area (Å²) >= 11 is 13.9. The van der Waals surface area contributed by atoms with Crippen LogP contribution in [0.4, 0.5) is 5.69 Å². The van der Waals surface area contributed by atoms with E-state index in [1.807, 2.05) is 6.07 Å². The summed E-state index contributed by atoms with van der Waals surface area (Å²) in [5, 5.41) is 12.8. The normalized spacial score (nSPS) is 10.7. The summed E-state index contributed by atoms with van der Waals surface area (Å²) in [6.45, 7) is 0. The molecule has 3 N–H and O–H groups in total. The number of carbonyl (C=O) groups excluding carboxylic acids is 1. The summed E-state index contributed by atoms with van der Waals surface area (Å²) in [4.78, 5) is 39.9. The smallest absolute Gasteiger partial charge is 0.325 e. The lowest BCUT2D eigenvalue weighted by atomic mass is 10.3. The molecule has 0 saturated heterocycles. The van der Waals surface area contributed by atoms with Gasteiger partial charge in [-0.2, -0.15) is 5.26 Å². The summed E-state index contributed by atoms with van der Waals surface area (Å²) in [7, 11) is 0. The van der Waals surface area contributed by atoms with Crippen LogP contribution in [-0.4, -0.2) is 21.6 Å². The number of thioether (sulfide) groups is 1. The highest BCUT2D eigenvalue weighted by atomic mass is 35.5. The van der Waals surface area contributed by atoms with Gasteiger partial charge in [0.2, 0.25) is 5.91 Å². The highest BCUT2D eigenvalue weighted by Crippen LogP contribution is 2.34. The Morgan fingerprint density at radius 3 is 2.58 bits per heavy atom. The number of hydrogen-bond acceptors (Lipinski definition) is 6. The molecule has 0 spiro atoms.